The lowest BCUT2D eigenvalue weighted by Gasteiger charge is -2.17. The predicted molar refractivity (Wildman–Crippen MR) is 64.9 cm³/mol. The average Bonchev–Trinajstić information content (AvgIpc) is 2.58. The summed E-state index contributed by atoms with van der Waals surface area (Å²) in [6.07, 6.45) is 3.74. The van der Waals surface area contributed by atoms with Gasteiger partial charge in [0.15, 0.2) is 0 Å². The molecule has 1 unspecified atom stereocenters. The van der Waals surface area contributed by atoms with Gasteiger partial charge in [0, 0.05) is 18.7 Å². The molecule has 16 heavy (non-hydrogen) atoms. The van der Waals surface area contributed by atoms with Crippen LogP contribution in [0.25, 0.3) is 0 Å². The van der Waals surface area contributed by atoms with Crippen LogP contribution >= 0.6 is 0 Å². The first-order valence-electron chi connectivity index (χ1n) is 5.87. The quantitative estimate of drug-likeness (QED) is 0.814. The predicted octanol–water partition coefficient (Wildman–Crippen LogP) is 1.64. The molecule has 0 bridgehead atoms. The van der Waals surface area contributed by atoms with Crippen LogP contribution in [0, 0.1) is 0 Å². The molecule has 0 aromatic carbocycles. The van der Waals surface area contributed by atoms with E-state index in [9.17, 15) is 0 Å². The summed E-state index contributed by atoms with van der Waals surface area (Å²) in [5.41, 5.74) is 0. The van der Waals surface area contributed by atoms with Crippen molar-refractivity contribution in [3.63, 3.8) is 0 Å². The highest BCUT2D eigenvalue weighted by Crippen LogP contribution is 2.14. The van der Waals surface area contributed by atoms with Crippen molar-refractivity contribution in [2.45, 2.75) is 25.3 Å². The van der Waals surface area contributed by atoms with E-state index in [4.69, 9.17) is 4.74 Å². The fourth-order valence-electron chi connectivity index (χ4n) is 1.96. The minimum atomic E-state index is 0.474. The van der Waals surface area contributed by atoms with Crippen molar-refractivity contribution in [1.29, 1.82) is 0 Å². The highest BCUT2D eigenvalue weighted by atomic mass is 16.5. The van der Waals surface area contributed by atoms with E-state index in [1.165, 1.54) is 19.3 Å². The molecule has 1 aliphatic rings. The molecule has 2 rings (SSSR count). The van der Waals surface area contributed by atoms with Gasteiger partial charge in [-0.1, -0.05) is 12.5 Å². The molecule has 1 fully saturated rings. The van der Waals surface area contributed by atoms with Crippen molar-refractivity contribution >= 4 is 5.82 Å². The zero-order valence-corrected chi connectivity index (χ0v) is 9.70. The highest BCUT2D eigenvalue weighted by molar-refractivity contribution is 5.38. The van der Waals surface area contributed by atoms with E-state index in [-0.39, 0.29) is 0 Å². The zero-order valence-electron chi connectivity index (χ0n) is 9.70. The van der Waals surface area contributed by atoms with Crippen LogP contribution in [0.1, 0.15) is 19.3 Å². The summed E-state index contributed by atoms with van der Waals surface area (Å²) in [6, 6.07) is 6.27. The minimum Gasteiger partial charge on any atom is -0.481 e. The third-order valence-corrected chi connectivity index (χ3v) is 2.83. The zero-order chi connectivity index (χ0) is 11.2. The number of nitrogens with one attached hydrogen (secondary N) is 2. The Labute approximate surface area is 96.4 Å². The van der Waals surface area contributed by atoms with Crippen LogP contribution in [0.5, 0.6) is 5.88 Å². The molecule has 2 heterocycles. The summed E-state index contributed by atoms with van der Waals surface area (Å²) in [5, 5.41) is 6.87. The molecule has 2 N–H and O–H groups in total. The van der Waals surface area contributed by atoms with Gasteiger partial charge in [-0.3, -0.25) is 0 Å². The summed E-state index contributed by atoms with van der Waals surface area (Å²) >= 11 is 0. The van der Waals surface area contributed by atoms with Gasteiger partial charge in [-0.2, -0.15) is 4.98 Å². The Morgan fingerprint density at radius 1 is 1.44 bits per heavy atom. The molecule has 88 valence electrons. The first-order valence-corrected chi connectivity index (χ1v) is 5.87. The Balaban J connectivity index is 1.96. The number of rotatable bonds is 3. The van der Waals surface area contributed by atoms with Crippen LogP contribution in [0.3, 0.4) is 0 Å². The van der Waals surface area contributed by atoms with Gasteiger partial charge in [0.05, 0.1) is 7.11 Å². The molecule has 0 amide bonds. The minimum absolute atomic E-state index is 0.474. The lowest BCUT2D eigenvalue weighted by Crippen LogP contribution is -2.31. The number of hydrogen-bond donors (Lipinski definition) is 2. The van der Waals surface area contributed by atoms with Crippen LogP contribution in [0.2, 0.25) is 0 Å². The Morgan fingerprint density at radius 2 is 2.38 bits per heavy atom. The second kappa shape index (κ2) is 5.70. The van der Waals surface area contributed by atoms with Crippen LogP contribution in [0.15, 0.2) is 18.2 Å². The number of pyridine rings is 1. The van der Waals surface area contributed by atoms with E-state index in [1.54, 1.807) is 7.11 Å². The molecular weight excluding hydrogens is 202 g/mol. The Kier molecular flexibility index (Phi) is 3.99. The second-order valence-electron chi connectivity index (χ2n) is 4.11. The van der Waals surface area contributed by atoms with E-state index in [0.717, 1.165) is 18.9 Å². The lowest BCUT2D eigenvalue weighted by atomic mass is 10.1. The van der Waals surface area contributed by atoms with Crippen molar-refractivity contribution in [2.24, 2.45) is 0 Å². The number of aromatic nitrogens is 1. The summed E-state index contributed by atoms with van der Waals surface area (Å²) in [6.45, 7) is 2.14. The molecule has 1 aromatic rings. The summed E-state index contributed by atoms with van der Waals surface area (Å²) < 4.78 is 5.10. The summed E-state index contributed by atoms with van der Waals surface area (Å²) in [4.78, 5) is 4.35. The molecule has 0 spiro atoms. The van der Waals surface area contributed by atoms with Gasteiger partial charge in [-0.05, 0) is 25.5 Å². The normalized spacial score (nSPS) is 21.2. The molecule has 1 aliphatic heterocycles. The SMILES string of the molecule is COc1cccc(NC2CCCCNC2)n1. The average molecular weight is 221 g/mol. The van der Waals surface area contributed by atoms with Gasteiger partial charge in [0.1, 0.15) is 5.82 Å². The third-order valence-electron chi connectivity index (χ3n) is 2.83. The van der Waals surface area contributed by atoms with Crippen molar-refractivity contribution in [3.8, 4) is 5.88 Å². The number of methoxy groups -OCH3 is 1. The Hall–Kier alpha value is -1.29. The topological polar surface area (TPSA) is 46.2 Å². The van der Waals surface area contributed by atoms with Gasteiger partial charge >= 0.3 is 0 Å². The molecule has 4 heteroatoms. The Morgan fingerprint density at radius 3 is 3.25 bits per heavy atom. The van der Waals surface area contributed by atoms with Gasteiger partial charge in [-0.25, -0.2) is 0 Å². The monoisotopic (exact) mass is 221 g/mol. The first-order chi connectivity index (χ1) is 7.88. The number of nitrogens with zero attached hydrogens (tertiary/aromatic N) is 1. The van der Waals surface area contributed by atoms with Crippen LogP contribution in [-0.4, -0.2) is 31.2 Å². The number of hydrogen-bond acceptors (Lipinski definition) is 4. The lowest BCUT2D eigenvalue weighted by molar-refractivity contribution is 0.398. The fourth-order valence-corrected chi connectivity index (χ4v) is 1.96. The molecule has 1 aromatic heterocycles. The molecule has 0 radical (unpaired) electrons. The molecule has 0 saturated carbocycles. The van der Waals surface area contributed by atoms with E-state index < -0.39 is 0 Å². The molecule has 1 saturated heterocycles. The summed E-state index contributed by atoms with van der Waals surface area (Å²) in [5.74, 6) is 1.56. The first kappa shape index (κ1) is 11.2. The van der Waals surface area contributed by atoms with Gasteiger partial charge in [0.2, 0.25) is 5.88 Å². The number of ether oxygens (including phenoxy) is 1. The van der Waals surface area contributed by atoms with Gasteiger partial charge < -0.3 is 15.4 Å². The molecule has 4 nitrogen and oxygen atoms in total. The third kappa shape index (κ3) is 3.10. The van der Waals surface area contributed by atoms with Gasteiger partial charge in [-0.15, -0.1) is 0 Å². The largest absolute Gasteiger partial charge is 0.481 e. The maximum atomic E-state index is 5.10. The van der Waals surface area contributed by atoms with Crippen molar-refractivity contribution < 1.29 is 4.74 Å². The summed E-state index contributed by atoms with van der Waals surface area (Å²) in [7, 11) is 1.64. The van der Waals surface area contributed by atoms with E-state index in [2.05, 4.69) is 15.6 Å². The van der Waals surface area contributed by atoms with Crippen LogP contribution in [0.4, 0.5) is 5.82 Å². The van der Waals surface area contributed by atoms with Crippen molar-refractivity contribution in [3.05, 3.63) is 18.2 Å². The molecular formula is C12H19N3O. The van der Waals surface area contributed by atoms with E-state index >= 15 is 0 Å². The van der Waals surface area contributed by atoms with E-state index in [0.29, 0.717) is 11.9 Å². The highest BCUT2D eigenvalue weighted by Gasteiger charge is 2.11. The molecule has 0 aliphatic carbocycles. The second-order valence-corrected chi connectivity index (χ2v) is 4.11. The van der Waals surface area contributed by atoms with Crippen molar-refractivity contribution in [2.75, 3.05) is 25.5 Å². The Bertz CT molecular complexity index is 322. The maximum absolute atomic E-state index is 5.10. The standard InChI is InChI=1S/C12H19N3O/c1-16-12-7-4-6-11(15-12)14-10-5-2-3-8-13-9-10/h4,6-7,10,13H,2-3,5,8-9H2,1H3,(H,14,15). The fraction of sp³-hybridized carbons (Fsp3) is 0.583. The van der Waals surface area contributed by atoms with Crippen LogP contribution < -0.4 is 15.4 Å². The molecule has 1 atom stereocenters. The smallest absolute Gasteiger partial charge is 0.214 e. The van der Waals surface area contributed by atoms with Crippen LogP contribution in [-0.2, 0) is 0 Å². The van der Waals surface area contributed by atoms with Crippen molar-refractivity contribution in [1.82, 2.24) is 10.3 Å². The number of anilines is 1. The maximum Gasteiger partial charge on any atom is 0.214 e. The van der Waals surface area contributed by atoms with E-state index in [1.807, 2.05) is 18.2 Å². The van der Waals surface area contributed by atoms with Gasteiger partial charge in [0.25, 0.3) is 0 Å².